The van der Waals surface area contributed by atoms with Crippen molar-refractivity contribution in [2.24, 2.45) is 0 Å². The van der Waals surface area contributed by atoms with Gasteiger partial charge < -0.3 is 10.4 Å². The molecule has 0 rings (SSSR count). The first-order chi connectivity index (χ1) is 7.63. The van der Waals surface area contributed by atoms with Gasteiger partial charge in [-0.25, -0.2) is 0 Å². The maximum absolute atomic E-state index is 11.2. The van der Waals surface area contributed by atoms with Gasteiger partial charge in [0.2, 0.25) is 0 Å². The van der Waals surface area contributed by atoms with Gasteiger partial charge in [-0.1, -0.05) is 26.3 Å². The van der Waals surface area contributed by atoms with Crippen LogP contribution in [0.1, 0.15) is 52.4 Å². The van der Waals surface area contributed by atoms with Crippen LogP contribution in [0.4, 0.5) is 0 Å². The van der Waals surface area contributed by atoms with Crippen molar-refractivity contribution < 1.29 is 9.90 Å². The molecule has 0 aliphatic carbocycles. The highest BCUT2D eigenvalue weighted by molar-refractivity contribution is 5.78. The van der Waals surface area contributed by atoms with E-state index in [9.17, 15) is 9.90 Å². The predicted octanol–water partition coefficient (Wildman–Crippen LogP) is 2.97. The highest BCUT2D eigenvalue weighted by atomic mass is 16.4. The van der Waals surface area contributed by atoms with E-state index in [0.717, 1.165) is 32.2 Å². The SMILES string of the molecule is C=CCCCCCNC(CC)(CC)C(=O)O. The summed E-state index contributed by atoms with van der Waals surface area (Å²) in [6.45, 7) is 8.29. The van der Waals surface area contributed by atoms with Crippen molar-refractivity contribution in [2.75, 3.05) is 6.54 Å². The van der Waals surface area contributed by atoms with Gasteiger partial charge in [-0.05, 0) is 38.6 Å². The second-order valence-electron chi connectivity index (χ2n) is 4.16. The van der Waals surface area contributed by atoms with Gasteiger partial charge in [-0.15, -0.1) is 6.58 Å². The highest BCUT2D eigenvalue weighted by Crippen LogP contribution is 2.15. The fraction of sp³-hybridized carbons (Fsp3) is 0.769. The molecule has 0 aromatic rings. The van der Waals surface area contributed by atoms with Crippen molar-refractivity contribution in [1.82, 2.24) is 5.32 Å². The van der Waals surface area contributed by atoms with Crippen LogP contribution in [0, 0.1) is 0 Å². The fourth-order valence-electron chi connectivity index (χ4n) is 1.80. The summed E-state index contributed by atoms with van der Waals surface area (Å²) in [5.41, 5.74) is -0.724. The number of carbonyl (C=O) groups is 1. The first kappa shape index (κ1) is 15.2. The zero-order valence-corrected chi connectivity index (χ0v) is 10.6. The molecule has 3 heteroatoms. The average Bonchev–Trinajstić information content (AvgIpc) is 2.28. The largest absolute Gasteiger partial charge is 0.480 e. The van der Waals surface area contributed by atoms with Crippen LogP contribution in [0.2, 0.25) is 0 Å². The van der Waals surface area contributed by atoms with E-state index in [0.29, 0.717) is 12.8 Å². The quantitative estimate of drug-likeness (QED) is 0.445. The van der Waals surface area contributed by atoms with Crippen LogP contribution in [0.15, 0.2) is 12.7 Å². The number of rotatable bonds is 10. The van der Waals surface area contributed by atoms with E-state index >= 15 is 0 Å². The lowest BCUT2D eigenvalue weighted by Crippen LogP contribution is -2.51. The Morgan fingerprint density at radius 2 is 1.94 bits per heavy atom. The van der Waals surface area contributed by atoms with Gasteiger partial charge in [0.15, 0.2) is 0 Å². The molecule has 0 aromatic heterocycles. The molecule has 0 unspecified atom stereocenters. The Hall–Kier alpha value is -0.830. The molecule has 0 aromatic carbocycles. The van der Waals surface area contributed by atoms with Crippen LogP contribution in [0.5, 0.6) is 0 Å². The number of aliphatic carboxylic acids is 1. The molecule has 16 heavy (non-hydrogen) atoms. The monoisotopic (exact) mass is 227 g/mol. The van der Waals surface area contributed by atoms with Crippen molar-refractivity contribution in [2.45, 2.75) is 57.9 Å². The molecule has 0 atom stereocenters. The minimum Gasteiger partial charge on any atom is -0.480 e. The molecule has 0 amide bonds. The summed E-state index contributed by atoms with van der Waals surface area (Å²) in [6, 6.07) is 0. The van der Waals surface area contributed by atoms with E-state index in [2.05, 4.69) is 11.9 Å². The molecule has 0 aliphatic rings. The number of allylic oxidation sites excluding steroid dienone is 1. The topological polar surface area (TPSA) is 49.3 Å². The smallest absolute Gasteiger partial charge is 0.323 e. The van der Waals surface area contributed by atoms with Gasteiger partial charge in [-0.2, -0.15) is 0 Å². The number of hydrogen-bond donors (Lipinski definition) is 2. The molecular formula is C13H25NO2. The Labute approximate surface area is 98.9 Å². The van der Waals surface area contributed by atoms with Gasteiger partial charge in [0.1, 0.15) is 5.54 Å². The Bertz CT molecular complexity index is 210. The van der Waals surface area contributed by atoms with Crippen LogP contribution in [-0.4, -0.2) is 23.2 Å². The zero-order chi connectivity index (χ0) is 12.4. The lowest BCUT2D eigenvalue weighted by Gasteiger charge is -2.28. The van der Waals surface area contributed by atoms with Crippen LogP contribution in [0.25, 0.3) is 0 Å². The molecule has 0 aliphatic heterocycles. The number of hydrogen-bond acceptors (Lipinski definition) is 2. The number of nitrogens with one attached hydrogen (secondary N) is 1. The third-order valence-electron chi connectivity index (χ3n) is 3.16. The van der Waals surface area contributed by atoms with Gasteiger partial charge in [0, 0.05) is 0 Å². The van der Waals surface area contributed by atoms with E-state index in [1.807, 2.05) is 19.9 Å². The zero-order valence-electron chi connectivity index (χ0n) is 10.6. The molecule has 0 saturated heterocycles. The minimum atomic E-state index is -0.733. The third-order valence-corrected chi connectivity index (χ3v) is 3.16. The summed E-state index contributed by atoms with van der Waals surface area (Å²) in [6.07, 6.45) is 7.53. The minimum absolute atomic E-state index is 0.630. The first-order valence-electron chi connectivity index (χ1n) is 6.22. The van der Waals surface area contributed by atoms with Crippen molar-refractivity contribution >= 4 is 5.97 Å². The summed E-state index contributed by atoms with van der Waals surface area (Å²) in [4.78, 5) is 11.2. The Morgan fingerprint density at radius 3 is 2.38 bits per heavy atom. The van der Waals surface area contributed by atoms with Crippen LogP contribution >= 0.6 is 0 Å². The molecule has 0 fully saturated rings. The predicted molar refractivity (Wildman–Crippen MR) is 67.6 cm³/mol. The van der Waals surface area contributed by atoms with E-state index < -0.39 is 11.5 Å². The first-order valence-corrected chi connectivity index (χ1v) is 6.22. The fourth-order valence-corrected chi connectivity index (χ4v) is 1.80. The molecule has 0 radical (unpaired) electrons. The lowest BCUT2D eigenvalue weighted by atomic mass is 9.93. The van der Waals surface area contributed by atoms with E-state index in [4.69, 9.17) is 0 Å². The summed E-state index contributed by atoms with van der Waals surface area (Å²) < 4.78 is 0. The summed E-state index contributed by atoms with van der Waals surface area (Å²) in [5.74, 6) is -0.733. The van der Waals surface area contributed by atoms with Gasteiger partial charge >= 0.3 is 5.97 Å². The van der Waals surface area contributed by atoms with Crippen LogP contribution in [0.3, 0.4) is 0 Å². The molecular weight excluding hydrogens is 202 g/mol. The van der Waals surface area contributed by atoms with E-state index in [1.165, 1.54) is 0 Å². The van der Waals surface area contributed by atoms with E-state index in [-0.39, 0.29) is 0 Å². The summed E-state index contributed by atoms with van der Waals surface area (Å²) in [7, 11) is 0. The molecule has 0 heterocycles. The van der Waals surface area contributed by atoms with Crippen molar-refractivity contribution in [1.29, 1.82) is 0 Å². The maximum Gasteiger partial charge on any atom is 0.323 e. The van der Waals surface area contributed by atoms with Crippen molar-refractivity contribution in [3.8, 4) is 0 Å². The molecule has 0 bridgehead atoms. The molecule has 94 valence electrons. The Morgan fingerprint density at radius 1 is 1.31 bits per heavy atom. The molecule has 0 saturated carbocycles. The standard InChI is InChI=1S/C13H25NO2/c1-4-7-8-9-10-11-14-13(5-2,6-3)12(15)16/h4,14H,1,5-11H2,2-3H3,(H,15,16). The van der Waals surface area contributed by atoms with E-state index in [1.54, 1.807) is 0 Å². The normalized spacial score (nSPS) is 11.4. The lowest BCUT2D eigenvalue weighted by molar-refractivity contribution is -0.145. The highest BCUT2D eigenvalue weighted by Gasteiger charge is 2.33. The molecule has 3 nitrogen and oxygen atoms in total. The van der Waals surface area contributed by atoms with Gasteiger partial charge in [0.25, 0.3) is 0 Å². The Kier molecular flexibility index (Phi) is 7.90. The molecule has 2 N–H and O–H groups in total. The second-order valence-corrected chi connectivity index (χ2v) is 4.16. The van der Waals surface area contributed by atoms with Crippen LogP contribution in [-0.2, 0) is 4.79 Å². The van der Waals surface area contributed by atoms with Crippen molar-refractivity contribution in [3.05, 3.63) is 12.7 Å². The number of carboxylic acids is 1. The number of carboxylic acid groups (broad SMARTS) is 1. The summed E-state index contributed by atoms with van der Waals surface area (Å²) in [5, 5.41) is 12.4. The van der Waals surface area contributed by atoms with Crippen molar-refractivity contribution in [3.63, 3.8) is 0 Å². The number of unbranched alkanes of at least 4 members (excludes halogenated alkanes) is 3. The second kappa shape index (κ2) is 8.34. The third kappa shape index (κ3) is 4.79. The van der Waals surface area contributed by atoms with Gasteiger partial charge in [0.05, 0.1) is 0 Å². The summed E-state index contributed by atoms with van der Waals surface area (Å²) >= 11 is 0. The average molecular weight is 227 g/mol. The van der Waals surface area contributed by atoms with Crippen LogP contribution < -0.4 is 5.32 Å². The maximum atomic E-state index is 11.2. The Balaban J connectivity index is 3.85. The van der Waals surface area contributed by atoms with Gasteiger partial charge in [-0.3, -0.25) is 4.79 Å². The molecule has 0 spiro atoms.